The molecule has 3 aromatic rings. The molecule has 2 aromatic heterocycles. The maximum absolute atomic E-state index is 11.8. The van der Waals surface area contributed by atoms with E-state index in [9.17, 15) is 4.79 Å². The van der Waals surface area contributed by atoms with Gasteiger partial charge in [0.25, 0.3) is 0 Å². The molecule has 1 atom stereocenters. The first kappa shape index (κ1) is 16.7. The predicted octanol–water partition coefficient (Wildman–Crippen LogP) is 3.79. The van der Waals surface area contributed by atoms with Crippen LogP contribution in [-0.4, -0.2) is 7.05 Å². The van der Waals surface area contributed by atoms with Gasteiger partial charge in [-0.1, -0.05) is 11.6 Å². The standard InChI is InChI=1S/C17H15BrClNO2S/c1-10-5-15-13(7-14(10)19)11(6-17(21)22-15)8-20(2)9-12-3-4-16(18)23-12/h3-7H,8-9H2,1-2H3/p+1. The topological polar surface area (TPSA) is 34.6 Å². The van der Waals surface area contributed by atoms with Crippen molar-refractivity contribution in [3.63, 3.8) is 0 Å². The summed E-state index contributed by atoms with van der Waals surface area (Å²) in [6, 6.07) is 9.47. The van der Waals surface area contributed by atoms with E-state index >= 15 is 0 Å². The third-order valence-corrected chi connectivity index (χ3v) is 5.74. The maximum atomic E-state index is 11.8. The monoisotopic (exact) mass is 412 g/mol. The zero-order chi connectivity index (χ0) is 16.6. The highest BCUT2D eigenvalue weighted by Gasteiger charge is 2.13. The number of nitrogens with one attached hydrogen (secondary N) is 1. The molecule has 0 fully saturated rings. The van der Waals surface area contributed by atoms with Gasteiger partial charge in [0.2, 0.25) is 0 Å². The second-order valence-electron chi connectivity index (χ2n) is 5.70. The van der Waals surface area contributed by atoms with Crippen molar-refractivity contribution in [1.29, 1.82) is 0 Å². The molecule has 1 aromatic carbocycles. The highest BCUT2D eigenvalue weighted by molar-refractivity contribution is 9.11. The molecule has 0 aliphatic heterocycles. The van der Waals surface area contributed by atoms with Crippen LogP contribution >= 0.6 is 38.9 Å². The number of thiophene rings is 1. The van der Waals surface area contributed by atoms with E-state index in [1.807, 2.05) is 19.1 Å². The molecular formula is C17H16BrClNO2S+. The first-order valence-corrected chi connectivity index (χ1v) is 9.19. The maximum Gasteiger partial charge on any atom is 0.336 e. The molecule has 1 N–H and O–H groups in total. The molecule has 6 heteroatoms. The van der Waals surface area contributed by atoms with E-state index in [0.717, 1.165) is 33.4 Å². The van der Waals surface area contributed by atoms with Crippen molar-refractivity contribution in [2.75, 3.05) is 7.05 Å². The lowest BCUT2D eigenvalue weighted by Gasteiger charge is -2.14. The summed E-state index contributed by atoms with van der Waals surface area (Å²) in [5, 5.41) is 1.60. The second-order valence-corrected chi connectivity index (χ2v) is 8.66. The van der Waals surface area contributed by atoms with Gasteiger partial charge in [-0.15, -0.1) is 11.3 Å². The molecular weight excluding hydrogens is 398 g/mol. The smallest absolute Gasteiger partial charge is 0.336 e. The molecule has 0 spiro atoms. The molecule has 3 nitrogen and oxygen atoms in total. The molecule has 0 aliphatic carbocycles. The highest BCUT2D eigenvalue weighted by atomic mass is 79.9. The van der Waals surface area contributed by atoms with Crippen molar-refractivity contribution in [2.24, 2.45) is 0 Å². The van der Waals surface area contributed by atoms with Crippen LogP contribution in [0.2, 0.25) is 5.02 Å². The summed E-state index contributed by atoms with van der Waals surface area (Å²) in [7, 11) is 2.11. The van der Waals surface area contributed by atoms with Crippen LogP contribution in [0.15, 0.2) is 43.3 Å². The van der Waals surface area contributed by atoms with Gasteiger partial charge < -0.3 is 9.32 Å². The van der Waals surface area contributed by atoms with Crippen LogP contribution in [0, 0.1) is 6.92 Å². The Hall–Kier alpha value is -1.14. The van der Waals surface area contributed by atoms with Gasteiger partial charge in [0.05, 0.1) is 15.7 Å². The molecule has 23 heavy (non-hydrogen) atoms. The van der Waals surface area contributed by atoms with Gasteiger partial charge >= 0.3 is 5.63 Å². The van der Waals surface area contributed by atoms with Crippen molar-refractivity contribution in [1.82, 2.24) is 0 Å². The number of aryl methyl sites for hydroxylation is 1. The fraction of sp³-hybridized carbons (Fsp3) is 0.235. The van der Waals surface area contributed by atoms with Gasteiger partial charge in [0.1, 0.15) is 18.7 Å². The summed E-state index contributed by atoms with van der Waals surface area (Å²) in [4.78, 5) is 14.4. The van der Waals surface area contributed by atoms with Gasteiger partial charge in [-0.2, -0.15) is 0 Å². The minimum Gasteiger partial charge on any atom is -0.423 e. The Morgan fingerprint density at radius 1 is 1.26 bits per heavy atom. The molecule has 0 saturated heterocycles. The summed E-state index contributed by atoms with van der Waals surface area (Å²) in [6.45, 7) is 3.54. The Bertz CT molecular complexity index is 919. The first-order valence-electron chi connectivity index (χ1n) is 7.21. The average Bonchev–Trinajstić information content (AvgIpc) is 2.86. The van der Waals surface area contributed by atoms with E-state index in [4.69, 9.17) is 16.0 Å². The van der Waals surface area contributed by atoms with Crippen LogP contribution in [0.4, 0.5) is 0 Å². The third-order valence-electron chi connectivity index (χ3n) is 3.71. The largest absolute Gasteiger partial charge is 0.423 e. The summed E-state index contributed by atoms with van der Waals surface area (Å²) in [6.07, 6.45) is 0. The molecule has 0 saturated carbocycles. The Morgan fingerprint density at radius 3 is 2.74 bits per heavy atom. The van der Waals surface area contributed by atoms with E-state index in [0.29, 0.717) is 10.6 Å². The Balaban J connectivity index is 1.92. The average molecular weight is 414 g/mol. The second kappa shape index (κ2) is 6.77. The predicted molar refractivity (Wildman–Crippen MR) is 98.5 cm³/mol. The Kier molecular flexibility index (Phi) is 4.92. The zero-order valence-corrected chi connectivity index (χ0v) is 15.9. The van der Waals surface area contributed by atoms with Crippen LogP contribution in [0.5, 0.6) is 0 Å². The van der Waals surface area contributed by atoms with Crippen molar-refractivity contribution >= 4 is 49.8 Å². The number of rotatable bonds is 4. The lowest BCUT2D eigenvalue weighted by atomic mass is 10.1. The summed E-state index contributed by atoms with van der Waals surface area (Å²) in [5.74, 6) is 0. The number of fused-ring (bicyclic) bond motifs is 1. The number of quaternary nitrogens is 1. The SMILES string of the molecule is Cc1cc2oc(=O)cc(C[NH+](C)Cc3ccc(Br)s3)c2cc1Cl. The Morgan fingerprint density at radius 2 is 2.04 bits per heavy atom. The fourth-order valence-corrected chi connectivity index (χ4v) is 4.39. The number of halogens is 2. The van der Waals surface area contributed by atoms with Crippen LogP contribution in [0.3, 0.4) is 0 Å². The normalized spacial score (nSPS) is 12.7. The number of hydrogen-bond donors (Lipinski definition) is 1. The number of hydrogen-bond acceptors (Lipinski definition) is 3. The van der Waals surface area contributed by atoms with Crippen LogP contribution in [0.25, 0.3) is 11.0 Å². The number of benzene rings is 1. The molecule has 120 valence electrons. The third kappa shape index (κ3) is 3.86. The summed E-state index contributed by atoms with van der Waals surface area (Å²) in [5.41, 5.74) is 2.15. The van der Waals surface area contributed by atoms with Crippen molar-refractivity contribution in [3.8, 4) is 0 Å². The lowest BCUT2D eigenvalue weighted by Crippen LogP contribution is -3.06. The molecule has 0 aliphatic rings. The molecule has 0 amide bonds. The zero-order valence-electron chi connectivity index (χ0n) is 12.8. The van der Waals surface area contributed by atoms with E-state index in [-0.39, 0.29) is 5.63 Å². The molecule has 3 rings (SSSR count). The summed E-state index contributed by atoms with van der Waals surface area (Å²) >= 11 is 11.5. The fourth-order valence-electron chi connectivity index (χ4n) is 2.63. The summed E-state index contributed by atoms with van der Waals surface area (Å²) < 4.78 is 6.45. The van der Waals surface area contributed by atoms with Gasteiger partial charge in [0, 0.05) is 22.0 Å². The molecule has 2 heterocycles. The van der Waals surface area contributed by atoms with E-state index in [2.05, 4.69) is 35.1 Å². The van der Waals surface area contributed by atoms with Gasteiger partial charge in [-0.25, -0.2) is 4.79 Å². The van der Waals surface area contributed by atoms with E-state index in [1.54, 1.807) is 17.4 Å². The lowest BCUT2D eigenvalue weighted by molar-refractivity contribution is -0.907. The van der Waals surface area contributed by atoms with E-state index in [1.165, 1.54) is 9.78 Å². The van der Waals surface area contributed by atoms with Gasteiger partial charge in [-0.3, -0.25) is 0 Å². The van der Waals surface area contributed by atoms with Gasteiger partial charge in [0.15, 0.2) is 0 Å². The van der Waals surface area contributed by atoms with Gasteiger partial charge in [-0.05, 0) is 52.7 Å². The molecule has 0 bridgehead atoms. The quantitative estimate of drug-likeness (QED) is 0.660. The molecule has 0 radical (unpaired) electrons. The highest BCUT2D eigenvalue weighted by Crippen LogP contribution is 2.25. The van der Waals surface area contributed by atoms with E-state index < -0.39 is 0 Å². The van der Waals surface area contributed by atoms with Crippen LogP contribution in [0.1, 0.15) is 16.0 Å². The van der Waals surface area contributed by atoms with Crippen molar-refractivity contribution in [2.45, 2.75) is 20.0 Å². The minimum atomic E-state index is -0.319. The minimum absolute atomic E-state index is 0.319. The molecule has 1 unspecified atom stereocenters. The first-order chi connectivity index (χ1) is 10.9. The van der Waals surface area contributed by atoms with Crippen LogP contribution in [-0.2, 0) is 13.1 Å². The van der Waals surface area contributed by atoms with Crippen LogP contribution < -0.4 is 10.5 Å². The van der Waals surface area contributed by atoms with Crippen molar-refractivity contribution in [3.05, 3.63) is 65.6 Å². The van der Waals surface area contributed by atoms with Crippen molar-refractivity contribution < 1.29 is 9.32 Å². The Labute approximate surface area is 151 Å².